The molecule has 2 rings (SSSR count). The number of ketones is 1. The number of carbonyl (C=O) groups is 1. The van der Waals surface area contributed by atoms with Crippen molar-refractivity contribution in [2.75, 3.05) is 0 Å². The van der Waals surface area contributed by atoms with Crippen LogP contribution in [0, 0.1) is 25.2 Å². The molecule has 0 N–H and O–H groups in total. The Morgan fingerprint density at radius 2 is 1.73 bits per heavy atom. The molecule has 2 aromatic carbocycles. The van der Waals surface area contributed by atoms with E-state index in [1.807, 2.05) is 32.1 Å². The Bertz CT molecular complexity index is 790. The Hall–Kier alpha value is -2.66. The highest BCUT2D eigenvalue weighted by molar-refractivity contribution is 5.97. The van der Waals surface area contributed by atoms with Gasteiger partial charge in [-0.3, -0.25) is 4.79 Å². The van der Waals surface area contributed by atoms with Crippen LogP contribution >= 0.6 is 0 Å². The van der Waals surface area contributed by atoms with Crippen LogP contribution in [0.3, 0.4) is 0 Å². The largest absolute Gasteiger partial charge is 0.295 e. The van der Waals surface area contributed by atoms with Crippen LogP contribution in [0.5, 0.6) is 0 Å². The highest BCUT2D eigenvalue weighted by Crippen LogP contribution is 2.29. The summed E-state index contributed by atoms with van der Waals surface area (Å²) in [6.45, 7) is 7.42. The number of allylic oxidation sites excluding steroid dienone is 1. The summed E-state index contributed by atoms with van der Waals surface area (Å²) in [4.78, 5) is 11.5. The first-order valence-corrected chi connectivity index (χ1v) is 7.23. The normalized spacial score (nSPS) is 11.1. The van der Waals surface area contributed by atoms with Gasteiger partial charge in [0.05, 0.1) is 11.6 Å². The lowest BCUT2D eigenvalue weighted by molar-refractivity contribution is -0.113. The van der Waals surface area contributed by atoms with Crippen LogP contribution in [-0.4, -0.2) is 5.78 Å². The summed E-state index contributed by atoms with van der Waals surface area (Å²) in [5.41, 5.74) is 6.59. The number of hydrogen-bond acceptors (Lipinski definition) is 2. The van der Waals surface area contributed by atoms with Gasteiger partial charge in [-0.25, -0.2) is 0 Å². The molecule has 22 heavy (non-hydrogen) atoms. The minimum atomic E-state index is 0.0404. The molecule has 0 fully saturated rings. The molecule has 0 aliphatic heterocycles. The second-order valence-corrected chi connectivity index (χ2v) is 5.60. The molecule has 0 amide bonds. The topological polar surface area (TPSA) is 40.9 Å². The Morgan fingerprint density at radius 1 is 1.09 bits per heavy atom. The fourth-order valence-electron chi connectivity index (χ4n) is 2.32. The smallest absolute Gasteiger partial charge is 0.155 e. The van der Waals surface area contributed by atoms with E-state index in [-0.39, 0.29) is 5.78 Å². The summed E-state index contributed by atoms with van der Waals surface area (Å²) < 4.78 is 0. The molecular weight excluding hydrogens is 270 g/mol. The maximum absolute atomic E-state index is 11.5. The first-order chi connectivity index (χ1) is 10.4. The van der Waals surface area contributed by atoms with E-state index in [1.165, 1.54) is 5.56 Å². The number of hydrogen-bond donors (Lipinski definition) is 0. The van der Waals surface area contributed by atoms with Gasteiger partial charge >= 0.3 is 0 Å². The maximum atomic E-state index is 11.5. The third-order valence-electron chi connectivity index (χ3n) is 3.87. The zero-order valence-corrected chi connectivity index (χ0v) is 13.4. The van der Waals surface area contributed by atoms with Crippen molar-refractivity contribution in [2.24, 2.45) is 0 Å². The predicted molar refractivity (Wildman–Crippen MR) is 90.4 cm³/mol. The molecule has 0 saturated heterocycles. The van der Waals surface area contributed by atoms with Gasteiger partial charge in [-0.05, 0) is 73.7 Å². The molecule has 0 aromatic heterocycles. The summed E-state index contributed by atoms with van der Waals surface area (Å²) in [6.07, 6.45) is 1.86. The molecule has 2 aromatic rings. The lowest BCUT2D eigenvalue weighted by atomic mass is 9.92. The molecular formula is C20H19NO. The summed E-state index contributed by atoms with van der Waals surface area (Å²) in [6, 6.07) is 14.2. The molecule has 0 aliphatic carbocycles. The highest BCUT2D eigenvalue weighted by atomic mass is 16.1. The predicted octanol–water partition coefficient (Wildman–Crippen LogP) is 4.83. The van der Waals surface area contributed by atoms with Crippen molar-refractivity contribution < 1.29 is 4.79 Å². The lowest BCUT2D eigenvalue weighted by Crippen LogP contribution is -1.95. The van der Waals surface area contributed by atoms with Gasteiger partial charge in [0.2, 0.25) is 0 Å². The Morgan fingerprint density at radius 3 is 2.27 bits per heavy atom. The molecule has 2 heteroatoms. The van der Waals surface area contributed by atoms with E-state index in [0.717, 1.165) is 22.3 Å². The van der Waals surface area contributed by atoms with Crippen LogP contribution < -0.4 is 0 Å². The van der Waals surface area contributed by atoms with Crippen LogP contribution in [0.15, 0.2) is 42.0 Å². The number of nitrogens with zero attached hydrogens (tertiary/aromatic N) is 1. The molecule has 0 radical (unpaired) electrons. The average molecular weight is 289 g/mol. The number of benzene rings is 2. The summed E-state index contributed by atoms with van der Waals surface area (Å²) in [5, 5.41) is 9.27. The monoisotopic (exact) mass is 289 g/mol. The molecule has 0 atom stereocenters. The third-order valence-corrected chi connectivity index (χ3v) is 3.87. The van der Waals surface area contributed by atoms with Crippen LogP contribution in [0.4, 0.5) is 0 Å². The van der Waals surface area contributed by atoms with Crippen molar-refractivity contribution >= 4 is 11.9 Å². The molecule has 0 unspecified atom stereocenters. The second kappa shape index (κ2) is 6.41. The average Bonchev–Trinajstić information content (AvgIpc) is 2.50. The molecule has 0 aliphatic rings. The van der Waals surface area contributed by atoms with Gasteiger partial charge in [-0.1, -0.05) is 29.8 Å². The lowest BCUT2D eigenvalue weighted by Gasteiger charge is -2.11. The van der Waals surface area contributed by atoms with E-state index >= 15 is 0 Å². The Labute approximate surface area is 131 Å². The van der Waals surface area contributed by atoms with E-state index < -0.39 is 0 Å². The number of Topliss-reactive ketones (excluding diaryl/α,β-unsaturated/α-hetero) is 1. The minimum Gasteiger partial charge on any atom is -0.295 e. The van der Waals surface area contributed by atoms with Gasteiger partial charge in [-0.15, -0.1) is 0 Å². The van der Waals surface area contributed by atoms with E-state index in [0.29, 0.717) is 11.1 Å². The molecule has 0 saturated carbocycles. The van der Waals surface area contributed by atoms with Crippen LogP contribution in [0.2, 0.25) is 0 Å². The molecule has 0 heterocycles. The third kappa shape index (κ3) is 3.32. The van der Waals surface area contributed by atoms with Crippen molar-refractivity contribution in [1.82, 2.24) is 0 Å². The maximum Gasteiger partial charge on any atom is 0.155 e. The molecule has 0 bridgehead atoms. The second-order valence-electron chi connectivity index (χ2n) is 5.60. The zero-order chi connectivity index (χ0) is 16.3. The van der Waals surface area contributed by atoms with E-state index in [2.05, 4.69) is 30.3 Å². The van der Waals surface area contributed by atoms with Gasteiger partial charge in [0, 0.05) is 0 Å². The summed E-state index contributed by atoms with van der Waals surface area (Å²) in [5.74, 6) is 0.0404. The van der Waals surface area contributed by atoms with E-state index in [9.17, 15) is 10.1 Å². The standard InChI is InChI=1S/C20H19NO/c1-13-5-7-18(8-6-13)20-11-17(12-21)10-19(15(20)3)9-14(2)16(4)22/h5-11H,1-4H3/b14-9+. The quantitative estimate of drug-likeness (QED) is 0.759. The van der Waals surface area contributed by atoms with E-state index in [4.69, 9.17) is 0 Å². The Balaban J connectivity index is 2.65. The van der Waals surface area contributed by atoms with Crippen molar-refractivity contribution in [3.8, 4) is 17.2 Å². The number of rotatable bonds is 3. The SMILES string of the molecule is CC(=O)/C(C)=C/c1cc(C#N)cc(-c2ccc(C)cc2)c1C. The first kappa shape index (κ1) is 15.7. The van der Waals surface area contributed by atoms with Gasteiger partial charge in [0.15, 0.2) is 5.78 Å². The van der Waals surface area contributed by atoms with Gasteiger partial charge in [-0.2, -0.15) is 5.26 Å². The van der Waals surface area contributed by atoms with Crippen LogP contribution in [0.1, 0.15) is 36.1 Å². The fraction of sp³-hybridized carbons (Fsp3) is 0.200. The molecule has 2 nitrogen and oxygen atoms in total. The number of nitriles is 1. The minimum absolute atomic E-state index is 0.0404. The van der Waals surface area contributed by atoms with Crippen molar-refractivity contribution in [3.63, 3.8) is 0 Å². The van der Waals surface area contributed by atoms with Crippen molar-refractivity contribution in [1.29, 1.82) is 5.26 Å². The van der Waals surface area contributed by atoms with E-state index in [1.54, 1.807) is 13.8 Å². The van der Waals surface area contributed by atoms with Crippen molar-refractivity contribution in [3.05, 3.63) is 64.2 Å². The Kier molecular flexibility index (Phi) is 4.58. The number of aryl methyl sites for hydroxylation is 1. The van der Waals surface area contributed by atoms with Gasteiger partial charge < -0.3 is 0 Å². The van der Waals surface area contributed by atoms with Gasteiger partial charge in [0.25, 0.3) is 0 Å². The van der Waals surface area contributed by atoms with Crippen LogP contribution in [0.25, 0.3) is 17.2 Å². The van der Waals surface area contributed by atoms with Crippen LogP contribution in [-0.2, 0) is 4.79 Å². The van der Waals surface area contributed by atoms with Gasteiger partial charge in [0.1, 0.15) is 0 Å². The zero-order valence-electron chi connectivity index (χ0n) is 13.4. The molecule has 110 valence electrons. The summed E-state index contributed by atoms with van der Waals surface area (Å²) in [7, 11) is 0. The highest BCUT2D eigenvalue weighted by Gasteiger charge is 2.09. The number of carbonyl (C=O) groups excluding carboxylic acids is 1. The molecule has 0 spiro atoms. The first-order valence-electron chi connectivity index (χ1n) is 7.23. The van der Waals surface area contributed by atoms with Crippen molar-refractivity contribution in [2.45, 2.75) is 27.7 Å². The summed E-state index contributed by atoms with van der Waals surface area (Å²) >= 11 is 0. The fourth-order valence-corrected chi connectivity index (χ4v) is 2.32.